The normalized spacial score (nSPS) is 14.3. The minimum Gasteiger partial charge on any atom is -0.382 e. The zero-order valence-corrected chi connectivity index (χ0v) is 10.9. The summed E-state index contributed by atoms with van der Waals surface area (Å²) in [6.45, 7) is 4.23. The maximum Gasteiger partial charge on any atom is 0.255 e. The molecule has 1 aromatic heterocycles. The van der Waals surface area contributed by atoms with Gasteiger partial charge in [-0.3, -0.25) is 9.78 Å². The highest BCUT2D eigenvalue weighted by atomic mass is 16.5. The van der Waals surface area contributed by atoms with Gasteiger partial charge in [-0.2, -0.15) is 0 Å². The molecular weight excluding hydrogens is 230 g/mol. The number of nitrogens with one attached hydrogen (secondary N) is 2. The number of H-pyrrole nitrogens is 1. The fourth-order valence-corrected chi connectivity index (χ4v) is 2.21. The summed E-state index contributed by atoms with van der Waals surface area (Å²) in [5, 5.41) is 3.15. The summed E-state index contributed by atoms with van der Waals surface area (Å²) in [6, 6.07) is 0. The summed E-state index contributed by atoms with van der Waals surface area (Å²) < 4.78 is 5.25. The highest BCUT2D eigenvalue weighted by Gasteiger charge is 2.15. The molecule has 0 radical (unpaired) electrons. The first-order valence-electron chi connectivity index (χ1n) is 6.75. The predicted octanol–water partition coefficient (Wildman–Crippen LogP) is 1.49. The van der Waals surface area contributed by atoms with Crippen molar-refractivity contribution in [3.8, 4) is 0 Å². The lowest BCUT2D eigenvalue weighted by Crippen LogP contribution is -2.23. The Morgan fingerprint density at radius 1 is 1.39 bits per heavy atom. The van der Waals surface area contributed by atoms with Crippen molar-refractivity contribution in [3.05, 3.63) is 21.6 Å². The van der Waals surface area contributed by atoms with Gasteiger partial charge in [0.05, 0.1) is 5.69 Å². The number of anilines is 1. The third-order valence-electron chi connectivity index (χ3n) is 3.15. The van der Waals surface area contributed by atoms with Crippen LogP contribution in [0.2, 0.25) is 0 Å². The molecule has 0 amide bonds. The van der Waals surface area contributed by atoms with E-state index in [1.165, 1.54) is 0 Å². The molecule has 5 heteroatoms. The van der Waals surface area contributed by atoms with E-state index in [0.29, 0.717) is 5.95 Å². The first-order chi connectivity index (χ1) is 8.81. The Kier molecular flexibility index (Phi) is 4.75. The molecule has 0 unspecified atom stereocenters. The number of fused-ring (bicyclic) bond motifs is 1. The first-order valence-corrected chi connectivity index (χ1v) is 6.75. The monoisotopic (exact) mass is 251 g/mol. The highest BCUT2D eigenvalue weighted by Crippen LogP contribution is 2.16. The fraction of sp³-hybridized carbons (Fsp3) is 0.692. The van der Waals surface area contributed by atoms with Crippen LogP contribution >= 0.6 is 0 Å². The average molecular weight is 251 g/mol. The molecule has 0 saturated carbocycles. The number of aryl methyl sites for hydroxylation is 1. The molecule has 0 aromatic carbocycles. The van der Waals surface area contributed by atoms with Gasteiger partial charge in [-0.1, -0.05) is 0 Å². The lowest BCUT2D eigenvalue weighted by molar-refractivity contribution is 0.147. The van der Waals surface area contributed by atoms with E-state index < -0.39 is 0 Å². The van der Waals surface area contributed by atoms with Crippen LogP contribution in [0.1, 0.15) is 37.4 Å². The van der Waals surface area contributed by atoms with Gasteiger partial charge >= 0.3 is 0 Å². The second-order valence-corrected chi connectivity index (χ2v) is 4.52. The molecule has 0 spiro atoms. The Balaban J connectivity index is 1.93. The van der Waals surface area contributed by atoms with Gasteiger partial charge in [0, 0.05) is 25.3 Å². The molecule has 2 N–H and O–H groups in total. The number of rotatable bonds is 6. The number of hydrogen-bond donors (Lipinski definition) is 2. The molecule has 0 atom stereocenters. The maximum atomic E-state index is 11.9. The van der Waals surface area contributed by atoms with Gasteiger partial charge in [0.15, 0.2) is 0 Å². The van der Waals surface area contributed by atoms with Crippen LogP contribution in [0.25, 0.3) is 0 Å². The van der Waals surface area contributed by atoms with E-state index in [0.717, 1.165) is 63.1 Å². The van der Waals surface area contributed by atoms with Gasteiger partial charge < -0.3 is 10.1 Å². The van der Waals surface area contributed by atoms with E-state index in [1.807, 2.05) is 6.92 Å². The lowest BCUT2D eigenvalue weighted by Gasteiger charge is -2.15. The van der Waals surface area contributed by atoms with Crippen LogP contribution in [0.15, 0.2) is 4.79 Å². The van der Waals surface area contributed by atoms with Crippen molar-refractivity contribution in [1.82, 2.24) is 9.97 Å². The van der Waals surface area contributed by atoms with E-state index in [4.69, 9.17) is 4.74 Å². The molecule has 1 aromatic rings. The van der Waals surface area contributed by atoms with Crippen molar-refractivity contribution < 1.29 is 4.74 Å². The van der Waals surface area contributed by atoms with Crippen LogP contribution in [0, 0.1) is 0 Å². The van der Waals surface area contributed by atoms with Crippen LogP contribution in [-0.2, 0) is 17.6 Å². The third-order valence-corrected chi connectivity index (χ3v) is 3.15. The predicted molar refractivity (Wildman–Crippen MR) is 71.1 cm³/mol. The Labute approximate surface area is 107 Å². The van der Waals surface area contributed by atoms with Crippen molar-refractivity contribution in [1.29, 1.82) is 0 Å². The van der Waals surface area contributed by atoms with Gasteiger partial charge in [0.2, 0.25) is 5.95 Å². The van der Waals surface area contributed by atoms with Crippen LogP contribution in [0.3, 0.4) is 0 Å². The van der Waals surface area contributed by atoms with Crippen molar-refractivity contribution in [2.75, 3.05) is 25.1 Å². The standard InChI is InChI=1S/C13H21N3O2/c1-2-18-9-5-8-14-13-15-11-7-4-3-6-10(11)12(17)16-13/h2-9H2,1H3,(H2,14,15,16,17). The second kappa shape index (κ2) is 6.54. The van der Waals surface area contributed by atoms with E-state index in [1.54, 1.807) is 0 Å². The number of hydrogen-bond acceptors (Lipinski definition) is 4. The second-order valence-electron chi connectivity index (χ2n) is 4.52. The Morgan fingerprint density at radius 3 is 3.06 bits per heavy atom. The molecule has 1 aliphatic carbocycles. The summed E-state index contributed by atoms with van der Waals surface area (Å²) in [5.74, 6) is 0.595. The molecule has 1 aliphatic rings. The molecule has 2 rings (SSSR count). The quantitative estimate of drug-likeness (QED) is 0.752. The minimum absolute atomic E-state index is 0.0204. The number of aromatic amines is 1. The molecule has 1 heterocycles. The summed E-state index contributed by atoms with van der Waals surface area (Å²) in [6.07, 6.45) is 4.93. The Hall–Kier alpha value is -1.36. The van der Waals surface area contributed by atoms with Crippen molar-refractivity contribution in [2.24, 2.45) is 0 Å². The zero-order chi connectivity index (χ0) is 12.8. The largest absolute Gasteiger partial charge is 0.382 e. The summed E-state index contributed by atoms with van der Waals surface area (Å²) in [4.78, 5) is 19.2. The van der Waals surface area contributed by atoms with Crippen LogP contribution in [0.4, 0.5) is 5.95 Å². The topological polar surface area (TPSA) is 67.0 Å². The molecule has 5 nitrogen and oxygen atoms in total. The van der Waals surface area contributed by atoms with Crippen molar-refractivity contribution >= 4 is 5.95 Å². The van der Waals surface area contributed by atoms with Gasteiger partial charge in [-0.15, -0.1) is 0 Å². The molecule has 0 bridgehead atoms. The van der Waals surface area contributed by atoms with Crippen molar-refractivity contribution in [2.45, 2.75) is 39.0 Å². The molecule has 100 valence electrons. The number of aromatic nitrogens is 2. The number of nitrogens with zero attached hydrogens (tertiary/aromatic N) is 1. The summed E-state index contributed by atoms with van der Waals surface area (Å²) in [7, 11) is 0. The average Bonchev–Trinajstić information content (AvgIpc) is 2.39. The van der Waals surface area contributed by atoms with E-state index in [-0.39, 0.29) is 5.56 Å². The Morgan fingerprint density at radius 2 is 2.22 bits per heavy atom. The fourth-order valence-electron chi connectivity index (χ4n) is 2.21. The minimum atomic E-state index is 0.0204. The Bertz CT molecular complexity index is 442. The lowest BCUT2D eigenvalue weighted by atomic mass is 9.97. The summed E-state index contributed by atoms with van der Waals surface area (Å²) in [5.41, 5.74) is 1.87. The first kappa shape index (κ1) is 13.1. The highest BCUT2D eigenvalue weighted by molar-refractivity contribution is 5.30. The van der Waals surface area contributed by atoms with Gasteiger partial charge in [-0.25, -0.2) is 4.98 Å². The maximum absolute atomic E-state index is 11.9. The molecule has 18 heavy (non-hydrogen) atoms. The third kappa shape index (κ3) is 3.32. The van der Waals surface area contributed by atoms with Gasteiger partial charge in [-0.05, 0) is 39.0 Å². The zero-order valence-electron chi connectivity index (χ0n) is 10.9. The summed E-state index contributed by atoms with van der Waals surface area (Å²) >= 11 is 0. The van der Waals surface area contributed by atoms with E-state index in [9.17, 15) is 4.79 Å². The van der Waals surface area contributed by atoms with Crippen LogP contribution < -0.4 is 10.9 Å². The van der Waals surface area contributed by atoms with Gasteiger partial charge in [0.25, 0.3) is 5.56 Å². The van der Waals surface area contributed by atoms with Crippen LogP contribution in [-0.4, -0.2) is 29.7 Å². The smallest absolute Gasteiger partial charge is 0.255 e. The van der Waals surface area contributed by atoms with Gasteiger partial charge in [0.1, 0.15) is 0 Å². The van der Waals surface area contributed by atoms with E-state index in [2.05, 4.69) is 15.3 Å². The van der Waals surface area contributed by atoms with E-state index >= 15 is 0 Å². The molecule has 0 aliphatic heterocycles. The number of ether oxygens (including phenoxy) is 1. The molecule has 0 fully saturated rings. The van der Waals surface area contributed by atoms with Crippen molar-refractivity contribution in [3.63, 3.8) is 0 Å². The molecule has 0 saturated heterocycles. The van der Waals surface area contributed by atoms with Crippen LogP contribution in [0.5, 0.6) is 0 Å². The SMILES string of the molecule is CCOCCCNc1nc2c(c(=O)[nH]1)CCCC2. The molecular formula is C13H21N3O2.